The summed E-state index contributed by atoms with van der Waals surface area (Å²) in [6.45, 7) is 7.00. The molecule has 0 spiro atoms. The van der Waals surface area contributed by atoms with E-state index in [4.69, 9.17) is 0 Å². The van der Waals surface area contributed by atoms with E-state index in [2.05, 4.69) is 4.72 Å². The van der Waals surface area contributed by atoms with Crippen LogP contribution in [0.1, 0.15) is 72.1 Å². The number of sulfonamides is 2. The van der Waals surface area contributed by atoms with Crippen molar-refractivity contribution in [3.05, 3.63) is 57.9 Å². The fourth-order valence-corrected chi connectivity index (χ4v) is 5.89. The lowest BCUT2D eigenvalue weighted by molar-refractivity contribution is -0.118. The van der Waals surface area contributed by atoms with Crippen LogP contribution in [0.25, 0.3) is 0 Å². The molecule has 206 valence electrons. The van der Waals surface area contributed by atoms with Crippen molar-refractivity contribution in [1.29, 1.82) is 5.26 Å². The molecule has 0 atom stereocenters. The molecule has 2 amide bonds. The van der Waals surface area contributed by atoms with E-state index in [1.54, 1.807) is 27.7 Å². The van der Waals surface area contributed by atoms with Gasteiger partial charge in [-0.05, 0) is 59.8 Å². The van der Waals surface area contributed by atoms with Gasteiger partial charge in [0.05, 0.1) is 22.4 Å². The van der Waals surface area contributed by atoms with Crippen LogP contribution in [0.15, 0.2) is 34.1 Å². The molecule has 2 aromatic rings. The van der Waals surface area contributed by atoms with E-state index in [0.29, 0.717) is 5.56 Å². The number of carbonyl (C=O) groups excluding carboxylic acids is 2. The summed E-state index contributed by atoms with van der Waals surface area (Å²) in [6, 6.07) is 6.02. The largest absolute Gasteiger partial charge is 0.345 e. The van der Waals surface area contributed by atoms with E-state index in [-0.39, 0.29) is 27.5 Å². The van der Waals surface area contributed by atoms with E-state index >= 15 is 4.39 Å². The van der Waals surface area contributed by atoms with E-state index in [9.17, 15) is 31.7 Å². The Morgan fingerprint density at radius 1 is 1.03 bits per heavy atom. The Hall–Kier alpha value is -3.34. The number of nitriles is 1. The minimum Gasteiger partial charge on any atom is -0.345 e. The molecule has 0 bridgehead atoms. The Balaban J connectivity index is 2.61. The van der Waals surface area contributed by atoms with Gasteiger partial charge in [0.2, 0.25) is 15.9 Å². The molecule has 0 aromatic heterocycles. The van der Waals surface area contributed by atoms with Crippen molar-refractivity contribution in [2.24, 2.45) is 0 Å². The molecule has 0 fully saturated rings. The Labute approximate surface area is 222 Å². The average molecular weight is 567 g/mol. The molecule has 2 rings (SSSR count). The number of nitrogens with zero attached hydrogens (tertiary/aromatic N) is 2. The van der Waals surface area contributed by atoms with Gasteiger partial charge in [0.1, 0.15) is 16.8 Å². The Morgan fingerprint density at radius 2 is 1.63 bits per heavy atom. The number of carbonyl (C=O) groups is 2. The Bertz CT molecular complexity index is 1530. The second kappa shape index (κ2) is 11.6. The maximum atomic E-state index is 15.1. The third-order valence-corrected chi connectivity index (χ3v) is 8.65. The highest BCUT2D eigenvalue weighted by Gasteiger charge is 2.29. The van der Waals surface area contributed by atoms with Crippen LogP contribution in [0.2, 0.25) is 0 Å². The number of halogens is 1. The van der Waals surface area contributed by atoms with Crippen molar-refractivity contribution in [3.8, 4) is 6.07 Å². The maximum absolute atomic E-state index is 15.1. The number of hydrogen-bond donors (Lipinski definition) is 2. The quantitative estimate of drug-likeness (QED) is 0.473. The van der Waals surface area contributed by atoms with Crippen molar-refractivity contribution in [1.82, 2.24) is 14.3 Å². The first kappa shape index (κ1) is 30.9. The van der Waals surface area contributed by atoms with Gasteiger partial charge in [0.25, 0.3) is 15.9 Å². The molecular formula is C25H31FN4O6S2. The van der Waals surface area contributed by atoms with E-state index < -0.39 is 60.5 Å². The van der Waals surface area contributed by atoms with Crippen molar-refractivity contribution in [2.75, 3.05) is 21.1 Å². The third-order valence-electron chi connectivity index (χ3n) is 5.81. The molecule has 0 heterocycles. The lowest BCUT2D eigenvalue weighted by Crippen LogP contribution is -2.34. The zero-order valence-corrected chi connectivity index (χ0v) is 23.8. The Kier molecular flexibility index (Phi) is 9.42. The second-order valence-corrected chi connectivity index (χ2v) is 12.9. The fraction of sp³-hybridized carbons (Fsp3) is 0.400. The van der Waals surface area contributed by atoms with Crippen LogP contribution in [-0.4, -0.2) is 54.7 Å². The minimum absolute atomic E-state index is 0.144. The normalized spacial score (nSPS) is 11.9. The van der Waals surface area contributed by atoms with Gasteiger partial charge >= 0.3 is 0 Å². The van der Waals surface area contributed by atoms with Crippen molar-refractivity contribution in [2.45, 2.75) is 55.7 Å². The van der Waals surface area contributed by atoms with Crippen LogP contribution in [0, 0.1) is 17.1 Å². The zero-order valence-electron chi connectivity index (χ0n) is 22.2. The molecule has 0 aliphatic heterocycles. The highest BCUT2D eigenvalue weighted by molar-refractivity contribution is 7.90. The van der Waals surface area contributed by atoms with Crippen LogP contribution >= 0.6 is 0 Å². The van der Waals surface area contributed by atoms with Gasteiger partial charge in [-0.3, -0.25) is 9.59 Å². The van der Waals surface area contributed by atoms with E-state index in [1.165, 1.54) is 20.2 Å². The number of nitrogens with one attached hydrogen (secondary N) is 2. The topological polar surface area (TPSA) is 154 Å². The molecular weight excluding hydrogens is 535 g/mol. The zero-order chi connectivity index (χ0) is 29.2. The monoisotopic (exact) mass is 566 g/mol. The molecule has 10 nitrogen and oxygen atoms in total. The highest BCUT2D eigenvalue weighted by Crippen LogP contribution is 2.33. The van der Waals surface area contributed by atoms with Gasteiger partial charge < -0.3 is 4.90 Å². The van der Waals surface area contributed by atoms with Gasteiger partial charge in [-0.2, -0.15) is 5.26 Å². The molecule has 0 saturated heterocycles. The lowest BCUT2D eigenvalue weighted by Gasteiger charge is -2.21. The van der Waals surface area contributed by atoms with Gasteiger partial charge in [0, 0.05) is 14.1 Å². The summed E-state index contributed by atoms with van der Waals surface area (Å²) in [4.78, 5) is 25.9. The van der Waals surface area contributed by atoms with Crippen molar-refractivity contribution < 1.29 is 30.8 Å². The molecule has 2 N–H and O–H groups in total. The first-order valence-corrected chi connectivity index (χ1v) is 14.5. The number of hydrogen-bond acceptors (Lipinski definition) is 7. The van der Waals surface area contributed by atoms with Crippen LogP contribution in [-0.2, 0) is 31.3 Å². The highest BCUT2D eigenvalue weighted by atomic mass is 32.2. The predicted molar refractivity (Wildman–Crippen MR) is 139 cm³/mol. The lowest BCUT2D eigenvalue weighted by atomic mass is 9.85. The standard InChI is InChI=1S/C25H31FN4O6S2/c1-14(2)18-10-16(13-27)24(26)23(15(3)4)19(18)12-22(31)29-38(35,36)21-9-8-17(37(33,34)28-5)11-20(21)25(32)30(6)7/h8-11,14-15,28H,12H2,1-7H3,(H,29,31). The molecule has 0 aliphatic carbocycles. The van der Waals surface area contributed by atoms with Crippen LogP contribution in [0.4, 0.5) is 4.39 Å². The summed E-state index contributed by atoms with van der Waals surface area (Å²) in [5.74, 6) is -3.17. The van der Waals surface area contributed by atoms with Gasteiger partial charge in [0.15, 0.2) is 0 Å². The Morgan fingerprint density at radius 3 is 2.11 bits per heavy atom. The number of amides is 2. The summed E-state index contributed by atoms with van der Waals surface area (Å²) in [7, 11) is -4.78. The van der Waals surface area contributed by atoms with Gasteiger partial charge in [-0.15, -0.1) is 0 Å². The summed E-state index contributed by atoms with van der Waals surface area (Å²) < 4.78 is 70.0. The predicted octanol–water partition coefficient (Wildman–Crippen LogP) is 2.60. The first-order valence-electron chi connectivity index (χ1n) is 11.6. The van der Waals surface area contributed by atoms with Crippen molar-refractivity contribution >= 4 is 31.9 Å². The van der Waals surface area contributed by atoms with E-state index in [1.807, 2.05) is 10.8 Å². The minimum atomic E-state index is -4.66. The van der Waals surface area contributed by atoms with Gasteiger partial charge in [-0.25, -0.2) is 30.7 Å². The SMILES string of the molecule is CNS(=O)(=O)c1ccc(S(=O)(=O)NC(=O)Cc2c(C(C)C)cc(C#N)c(F)c2C(C)C)c(C(=O)N(C)C)c1. The first-order chi connectivity index (χ1) is 17.5. The van der Waals surface area contributed by atoms with Gasteiger partial charge in [-0.1, -0.05) is 27.7 Å². The summed E-state index contributed by atoms with van der Waals surface area (Å²) in [6.07, 6.45) is -0.508. The molecule has 0 saturated carbocycles. The molecule has 38 heavy (non-hydrogen) atoms. The molecule has 0 unspecified atom stereocenters. The fourth-order valence-electron chi connectivity index (χ4n) is 3.97. The van der Waals surface area contributed by atoms with E-state index in [0.717, 1.165) is 30.1 Å². The molecule has 2 aromatic carbocycles. The summed E-state index contributed by atoms with van der Waals surface area (Å²) in [5, 5.41) is 9.36. The van der Waals surface area contributed by atoms with Crippen LogP contribution in [0.3, 0.4) is 0 Å². The number of rotatable bonds is 9. The number of benzene rings is 2. The van der Waals surface area contributed by atoms with Crippen molar-refractivity contribution in [3.63, 3.8) is 0 Å². The molecule has 13 heteroatoms. The smallest absolute Gasteiger partial charge is 0.264 e. The maximum Gasteiger partial charge on any atom is 0.264 e. The van der Waals surface area contributed by atoms with Crippen LogP contribution in [0.5, 0.6) is 0 Å². The second-order valence-electron chi connectivity index (χ2n) is 9.41. The average Bonchev–Trinajstić information content (AvgIpc) is 2.82. The summed E-state index contributed by atoms with van der Waals surface area (Å²) >= 11 is 0. The molecule has 0 radical (unpaired) electrons. The molecule has 0 aliphatic rings. The third kappa shape index (κ3) is 6.38. The van der Waals surface area contributed by atoms with Crippen LogP contribution < -0.4 is 9.44 Å². The summed E-state index contributed by atoms with van der Waals surface area (Å²) in [5.41, 5.74) is 0.327.